The summed E-state index contributed by atoms with van der Waals surface area (Å²) in [7, 11) is -3.02. The fraction of sp³-hybridized carbons (Fsp3) is 0.375. The van der Waals surface area contributed by atoms with Crippen molar-refractivity contribution in [3.05, 3.63) is 36.4 Å². The van der Waals surface area contributed by atoms with Gasteiger partial charge in [0.05, 0.1) is 33.3 Å². The van der Waals surface area contributed by atoms with Gasteiger partial charge in [-0.25, -0.2) is 13.4 Å². The predicted molar refractivity (Wildman–Crippen MR) is 92.3 cm³/mol. The first-order chi connectivity index (χ1) is 10.9. The number of pyridine rings is 1. The van der Waals surface area contributed by atoms with Crippen LogP contribution in [0.5, 0.6) is 0 Å². The number of para-hydroxylation sites is 1. The smallest absolute Gasteiger partial charge is 0.230 e. The molecule has 1 fully saturated rings. The summed E-state index contributed by atoms with van der Waals surface area (Å²) >= 11 is 1.35. The van der Waals surface area contributed by atoms with Gasteiger partial charge in [-0.2, -0.15) is 0 Å². The van der Waals surface area contributed by atoms with Crippen LogP contribution in [0.3, 0.4) is 0 Å². The molecular formula is C16H18N2O3S2. The molecule has 1 unspecified atom stereocenters. The number of amides is 1. The van der Waals surface area contributed by atoms with E-state index in [1.54, 1.807) is 6.92 Å². The summed E-state index contributed by atoms with van der Waals surface area (Å²) in [5.41, 5.74) is 0.250. The molecule has 23 heavy (non-hydrogen) atoms. The molecule has 1 aromatic carbocycles. The predicted octanol–water partition coefficient (Wildman–Crippen LogP) is 2.02. The van der Waals surface area contributed by atoms with Crippen LogP contribution in [0.15, 0.2) is 41.4 Å². The lowest BCUT2D eigenvalue weighted by atomic mass is 10.0. The van der Waals surface area contributed by atoms with E-state index in [2.05, 4.69) is 10.3 Å². The van der Waals surface area contributed by atoms with Gasteiger partial charge in [0.15, 0.2) is 9.84 Å². The van der Waals surface area contributed by atoms with Crippen molar-refractivity contribution in [3.8, 4) is 0 Å². The molecule has 3 rings (SSSR count). The third kappa shape index (κ3) is 4.03. The third-order valence-electron chi connectivity index (χ3n) is 3.87. The van der Waals surface area contributed by atoms with Crippen molar-refractivity contribution in [2.75, 3.05) is 17.3 Å². The van der Waals surface area contributed by atoms with Crippen LogP contribution in [-0.4, -0.2) is 42.1 Å². The summed E-state index contributed by atoms with van der Waals surface area (Å²) in [4.78, 5) is 16.6. The van der Waals surface area contributed by atoms with Crippen LogP contribution in [-0.2, 0) is 14.6 Å². The number of aromatic nitrogens is 1. The molecule has 122 valence electrons. The van der Waals surface area contributed by atoms with Crippen LogP contribution in [0, 0.1) is 0 Å². The van der Waals surface area contributed by atoms with Gasteiger partial charge in [-0.05, 0) is 25.5 Å². The number of sulfone groups is 1. The number of rotatable bonds is 4. The Balaban J connectivity index is 1.60. The van der Waals surface area contributed by atoms with Crippen LogP contribution in [0.1, 0.15) is 13.3 Å². The van der Waals surface area contributed by atoms with Gasteiger partial charge in [0, 0.05) is 5.39 Å². The molecule has 2 heterocycles. The zero-order chi connectivity index (χ0) is 16.5. The summed E-state index contributed by atoms with van der Waals surface area (Å²) in [6.07, 6.45) is 0.472. The molecule has 1 aliphatic rings. The lowest BCUT2D eigenvalue weighted by Crippen LogP contribution is -2.47. The Morgan fingerprint density at radius 3 is 2.83 bits per heavy atom. The molecule has 7 heteroatoms. The van der Waals surface area contributed by atoms with E-state index in [9.17, 15) is 13.2 Å². The molecule has 0 bridgehead atoms. The highest BCUT2D eigenvalue weighted by atomic mass is 32.2. The molecule has 1 aliphatic heterocycles. The molecule has 0 saturated carbocycles. The highest BCUT2D eigenvalue weighted by Gasteiger charge is 2.39. The Labute approximate surface area is 139 Å². The van der Waals surface area contributed by atoms with Gasteiger partial charge >= 0.3 is 0 Å². The number of hydrogen-bond donors (Lipinski definition) is 1. The maximum atomic E-state index is 12.1. The summed E-state index contributed by atoms with van der Waals surface area (Å²) in [5.74, 6) is 0.221. The van der Waals surface area contributed by atoms with Gasteiger partial charge in [0.1, 0.15) is 0 Å². The van der Waals surface area contributed by atoms with Crippen LogP contribution in [0.4, 0.5) is 0 Å². The van der Waals surface area contributed by atoms with Crippen LogP contribution in [0.2, 0.25) is 0 Å². The first-order valence-corrected chi connectivity index (χ1v) is 10.2. The molecular weight excluding hydrogens is 332 g/mol. The maximum absolute atomic E-state index is 12.1. The number of nitrogens with one attached hydrogen (secondary N) is 1. The van der Waals surface area contributed by atoms with E-state index in [1.165, 1.54) is 11.8 Å². The molecule has 0 radical (unpaired) electrons. The molecule has 2 aromatic rings. The minimum absolute atomic E-state index is 0.0185. The summed E-state index contributed by atoms with van der Waals surface area (Å²) in [6, 6.07) is 11.7. The zero-order valence-corrected chi connectivity index (χ0v) is 14.4. The number of nitrogens with zero attached hydrogens (tertiary/aromatic N) is 1. The van der Waals surface area contributed by atoms with Gasteiger partial charge in [-0.15, -0.1) is 0 Å². The molecule has 0 spiro atoms. The van der Waals surface area contributed by atoms with E-state index in [0.29, 0.717) is 6.42 Å². The fourth-order valence-electron chi connectivity index (χ4n) is 2.75. The quantitative estimate of drug-likeness (QED) is 0.854. The first-order valence-electron chi connectivity index (χ1n) is 7.35. The summed E-state index contributed by atoms with van der Waals surface area (Å²) in [6.45, 7) is 1.79. The average Bonchev–Trinajstić information content (AvgIpc) is 2.78. The number of benzene rings is 1. The zero-order valence-electron chi connectivity index (χ0n) is 12.8. The highest BCUT2D eigenvalue weighted by Crippen LogP contribution is 2.24. The van der Waals surface area contributed by atoms with E-state index in [4.69, 9.17) is 0 Å². The topological polar surface area (TPSA) is 76.1 Å². The highest BCUT2D eigenvalue weighted by molar-refractivity contribution is 7.99. The Hall–Kier alpha value is -1.60. The average molecular weight is 350 g/mol. The molecule has 1 amide bonds. The van der Waals surface area contributed by atoms with Crippen LogP contribution in [0.25, 0.3) is 10.9 Å². The number of carbonyl (C=O) groups excluding carboxylic acids is 1. The van der Waals surface area contributed by atoms with Crippen molar-refractivity contribution < 1.29 is 13.2 Å². The summed E-state index contributed by atoms with van der Waals surface area (Å²) in [5, 5.41) is 4.69. The molecule has 0 aliphatic carbocycles. The van der Waals surface area contributed by atoms with E-state index < -0.39 is 15.4 Å². The van der Waals surface area contributed by atoms with E-state index in [0.717, 1.165) is 15.9 Å². The molecule has 1 N–H and O–H groups in total. The third-order valence-corrected chi connectivity index (χ3v) is 6.70. The molecule has 1 aromatic heterocycles. The van der Waals surface area contributed by atoms with Crippen molar-refractivity contribution >= 4 is 38.4 Å². The fourth-order valence-corrected chi connectivity index (χ4v) is 5.52. The number of hydrogen-bond acceptors (Lipinski definition) is 5. The molecule has 1 atom stereocenters. The minimum atomic E-state index is -3.02. The van der Waals surface area contributed by atoms with Gasteiger partial charge in [0.25, 0.3) is 0 Å². The van der Waals surface area contributed by atoms with Crippen molar-refractivity contribution in [2.24, 2.45) is 0 Å². The van der Waals surface area contributed by atoms with Gasteiger partial charge in [-0.1, -0.05) is 36.0 Å². The molecule has 1 saturated heterocycles. The number of thioether (sulfide) groups is 1. The standard InChI is InChI=1S/C16H18N2O3S2/c1-16(8-9-23(20,21)11-16)18-14(19)10-22-15-7-6-12-4-2-3-5-13(12)17-15/h2-7H,8-11H2,1H3,(H,18,19). The normalized spacial score (nSPS) is 23.0. The van der Waals surface area contributed by atoms with Crippen molar-refractivity contribution in [1.29, 1.82) is 0 Å². The monoisotopic (exact) mass is 350 g/mol. The Morgan fingerprint density at radius 2 is 2.09 bits per heavy atom. The van der Waals surface area contributed by atoms with Gasteiger partial charge in [-0.3, -0.25) is 4.79 Å². The van der Waals surface area contributed by atoms with Crippen molar-refractivity contribution in [1.82, 2.24) is 10.3 Å². The lowest BCUT2D eigenvalue weighted by Gasteiger charge is -2.23. The van der Waals surface area contributed by atoms with Crippen LogP contribution < -0.4 is 5.32 Å². The second-order valence-electron chi connectivity index (χ2n) is 6.08. The van der Waals surface area contributed by atoms with E-state index in [1.807, 2.05) is 36.4 Å². The van der Waals surface area contributed by atoms with Crippen LogP contribution >= 0.6 is 11.8 Å². The van der Waals surface area contributed by atoms with E-state index in [-0.39, 0.29) is 23.2 Å². The second-order valence-corrected chi connectivity index (χ2v) is 9.26. The van der Waals surface area contributed by atoms with Gasteiger partial charge < -0.3 is 5.32 Å². The Morgan fingerprint density at radius 1 is 1.30 bits per heavy atom. The number of carbonyl (C=O) groups is 1. The summed E-state index contributed by atoms with van der Waals surface area (Å²) < 4.78 is 23.1. The second kappa shape index (κ2) is 6.13. The maximum Gasteiger partial charge on any atom is 0.230 e. The van der Waals surface area contributed by atoms with E-state index >= 15 is 0 Å². The molecule has 5 nitrogen and oxygen atoms in total. The SMILES string of the molecule is CC1(NC(=O)CSc2ccc3ccccc3n2)CCS(=O)(=O)C1. The Bertz CT molecular complexity index is 851. The largest absolute Gasteiger partial charge is 0.349 e. The lowest BCUT2D eigenvalue weighted by molar-refractivity contribution is -0.120. The minimum Gasteiger partial charge on any atom is -0.349 e. The number of fused-ring (bicyclic) bond motifs is 1. The van der Waals surface area contributed by atoms with Crippen molar-refractivity contribution in [3.63, 3.8) is 0 Å². The Kier molecular flexibility index (Phi) is 4.33. The first kappa shape index (κ1) is 16.3. The van der Waals surface area contributed by atoms with Gasteiger partial charge in [0.2, 0.25) is 5.91 Å². The van der Waals surface area contributed by atoms with Crippen molar-refractivity contribution in [2.45, 2.75) is 23.9 Å².